The molecule has 28 heavy (non-hydrogen) atoms. The van der Waals surface area contributed by atoms with Gasteiger partial charge in [-0.25, -0.2) is 4.99 Å². The number of carbonyl (C=O) groups is 1. The summed E-state index contributed by atoms with van der Waals surface area (Å²) in [6.45, 7) is 0. The Morgan fingerprint density at radius 3 is 2.43 bits per heavy atom. The summed E-state index contributed by atoms with van der Waals surface area (Å²) in [4.78, 5) is 17.2. The summed E-state index contributed by atoms with van der Waals surface area (Å²) in [7, 11) is 0. The van der Waals surface area contributed by atoms with Gasteiger partial charge in [0.15, 0.2) is 5.17 Å². The minimum absolute atomic E-state index is 0.163. The number of amidine groups is 1. The van der Waals surface area contributed by atoms with E-state index in [1.807, 2.05) is 60.7 Å². The van der Waals surface area contributed by atoms with Crippen LogP contribution in [0.5, 0.6) is 5.75 Å². The van der Waals surface area contributed by atoms with Gasteiger partial charge in [0.2, 0.25) is 0 Å². The number of aromatic hydroxyl groups is 1. The Morgan fingerprint density at radius 1 is 0.929 bits per heavy atom. The Kier molecular flexibility index (Phi) is 5.12. The largest absolute Gasteiger partial charge is 0.508 e. The maximum atomic E-state index is 12.2. The van der Waals surface area contributed by atoms with E-state index in [9.17, 15) is 9.90 Å². The van der Waals surface area contributed by atoms with Crippen LogP contribution < -0.4 is 10.6 Å². The number of rotatable bonds is 4. The van der Waals surface area contributed by atoms with Gasteiger partial charge in [-0.05, 0) is 71.9 Å². The van der Waals surface area contributed by atoms with Gasteiger partial charge >= 0.3 is 0 Å². The predicted octanol–water partition coefficient (Wildman–Crippen LogP) is 5.03. The van der Waals surface area contributed by atoms with E-state index in [1.54, 1.807) is 24.3 Å². The summed E-state index contributed by atoms with van der Waals surface area (Å²) in [6, 6.07) is 24.3. The summed E-state index contributed by atoms with van der Waals surface area (Å²) in [5.41, 5.74) is 3.49. The third-order valence-electron chi connectivity index (χ3n) is 3.98. The number of carbonyl (C=O) groups excluding carboxylic acids is 1. The molecule has 5 nitrogen and oxygen atoms in total. The Labute approximate surface area is 166 Å². The molecule has 6 heteroatoms. The number of para-hydroxylation sites is 1. The van der Waals surface area contributed by atoms with Crippen LogP contribution in [0, 0.1) is 0 Å². The second kappa shape index (κ2) is 8.02. The van der Waals surface area contributed by atoms with Crippen LogP contribution in [0.2, 0.25) is 0 Å². The lowest BCUT2D eigenvalue weighted by atomic mass is 10.2. The number of phenolic OH excluding ortho intramolecular Hbond substituents is 1. The first kappa shape index (κ1) is 17.9. The zero-order valence-corrected chi connectivity index (χ0v) is 15.6. The molecule has 3 aromatic rings. The molecule has 4 rings (SSSR count). The van der Waals surface area contributed by atoms with Crippen LogP contribution >= 0.6 is 11.8 Å². The van der Waals surface area contributed by atoms with E-state index in [0.717, 1.165) is 22.6 Å². The molecule has 1 aliphatic rings. The number of thioether (sulfide) groups is 1. The second-order valence-electron chi connectivity index (χ2n) is 6.11. The third kappa shape index (κ3) is 4.42. The predicted molar refractivity (Wildman–Crippen MR) is 115 cm³/mol. The standard InChI is InChI=1S/C22H17N3O2S/c26-19-8-4-5-15(13-19)14-20-21(27)25-22(28-20)24-18-11-9-17(10-12-18)23-16-6-2-1-3-7-16/h1-14,23,26H,(H,24,25,27)/b20-14-. The van der Waals surface area contributed by atoms with Gasteiger partial charge < -0.3 is 15.7 Å². The molecule has 0 saturated carbocycles. The Hall–Kier alpha value is -3.51. The maximum absolute atomic E-state index is 12.2. The summed E-state index contributed by atoms with van der Waals surface area (Å²) in [6.07, 6.45) is 1.73. The molecule has 0 radical (unpaired) electrons. The highest BCUT2D eigenvalue weighted by Gasteiger charge is 2.23. The van der Waals surface area contributed by atoms with Gasteiger partial charge in [-0.15, -0.1) is 0 Å². The van der Waals surface area contributed by atoms with Crippen LogP contribution in [0.25, 0.3) is 6.08 Å². The lowest BCUT2D eigenvalue weighted by Gasteiger charge is -2.06. The molecule has 138 valence electrons. The number of hydrogen-bond acceptors (Lipinski definition) is 5. The van der Waals surface area contributed by atoms with Crippen molar-refractivity contribution in [3.05, 3.63) is 89.3 Å². The SMILES string of the molecule is O=C1NC(=Nc2ccc(Nc3ccccc3)cc2)S/C1=C\c1cccc(O)c1. The highest BCUT2D eigenvalue weighted by atomic mass is 32.2. The first-order valence-electron chi connectivity index (χ1n) is 8.66. The molecule has 0 aliphatic carbocycles. The Morgan fingerprint density at radius 2 is 1.68 bits per heavy atom. The van der Waals surface area contributed by atoms with Crippen LogP contribution in [-0.4, -0.2) is 16.2 Å². The first-order valence-corrected chi connectivity index (χ1v) is 9.48. The van der Waals surface area contributed by atoms with Crippen molar-refractivity contribution in [2.24, 2.45) is 4.99 Å². The first-order chi connectivity index (χ1) is 13.7. The Bertz CT molecular complexity index is 1060. The zero-order chi connectivity index (χ0) is 19.3. The van der Waals surface area contributed by atoms with Gasteiger partial charge in [-0.3, -0.25) is 4.79 Å². The lowest BCUT2D eigenvalue weighted by molar-refractivity contribution is -0.115. The minimum Gasteiger partial charge on any atom is -0.508 e. The quantitative estimate of drug-likeness (QED) is 0.549. The highest BCUT2D eigenvalue weighted by Crippen LogP contribution is 2.29. The number of phenols is 1. The van der Waals surface area contributed by atoms with E-state index in [2.05, 4.69) is 15.6 Å². The summed E-state index contributed by atoms with van der Waals surface area (Å²) in [5.74, 6) is -0.0368. The molecule has 0 spiro atoms. The van der Waals surface area contributed by atoms with Gasteiger partial charge in [0.1, 0.15) is 5.75 Å². The summed E-state index contributed by atoms with van der Waals surface area (Å²) in [5, 5.41) is 16.2. The van der Waals surface area contributed by atoms with Crippen molar-refractivity contribution >= 4 is 46.0 Å². The monoisotopic (exact) mass is 387 g/mol. The van der Waals surface area contributed by atoms with Crippen molar-refractivity contribution < 1.29 is 9.90 Å². The van der Waals surface area contributed by atoms with E-state index in [0.29, 0.717) is 10.1 Å². The zero-order valence-electron chi connectivity index (χ0n) is 14.8. The number of nitrogens with zero attached hydrogens (tertiary/aromatic N) is 1. The molecule has 0 aromatic heterocycles. The van der Waals surface area contributed by atoms with Crippen molar-refractivity contribution in [1.29, 1.82) is 0 Å². The molecule has 3 N–H and O–H groups in total. The number of aliphatic imine (C=N–C) groups is 1. The molecule has 3 aromatic carbocycles. The fraction of sp³-hybridized carbons (Fsp3) is 0. The summed E-state index contributed by atoms with van der Waals surface area (Å²) < 4.78 is 0. The van der Waals surface area contributed by atoms with Gasteiger partial charge in [-0.1, -0.05) is 30.3 Å². The van der Waals surface area contributed by atoms with Crippen LogP contribution in [0.3, 0.4) is 0 Å². The van der Waals surface area contributed by atoms with Crippen molar-refractivity contribution in [1.82, 2.24) is 5.32 Å². The number of anilines is 2. The Balaban J connectivity index is 1.46. The lowest BCUT2D eigenvalue weighted by Crippen LogP contribution is -2.19. The van der Waals surface area contributed by atoms with E-state index in [1.165, 1.54) is 11.8 Å². The fourth-order valence-corrected chi connectivity index (χ4v) is 3.51. The molecule has 0 atom stereocenters. The van der Waals surface area contributed by atoms with Crippen molar-refractivity contribution in [2.45, 2.75) is 0 Å². The van der Waals surface area contributed by atoms with Gasteiger partial charge in [0, 0.05) is 11.4 Å². The van der Waals surface area contributed by atoms with Gasteiger partial charge in [0.25, 0.3) is 5.91 Å². The molecule has 1 saturated heterocycles. The van der Waals surface area contributed by atoms with Gasteiger partial charge in [-0.2, -0.15) is 0 Å². The normalized spacial score (nSPS) is 16.4. The average molecular weight is 387 g/mol. The van der Waals surface area contributed by atoms with E-state index < -0.39 is 0 Å². The topological polar surface area (TPSA) is 73.7 Å². The van der Waals surface area contributed by atoms with Crippen LogP contribution in [0.4, 0.5) is 17.1 Å². The van der Waals surface area contributed by atoms with Crippen LogP contribution in [0.15, 0.2) is 88.8 Å². The number of amides is 1. The van der Waals surface area contributed by atoms with Crippen molar-refractivity contribution in [3.8, 4) is 5.75 Å². The molecule has 1 heterocycles. The second-order valence-corrected chi connectivity index (χ2v) is 7.15. The van der Waals surface area contributed by atoms with Crippen LogP contribution in [-0.2, 0) is 4.79 Å². The molecule has 0 unspecified atom stereocenters. The van der Waals surface area contributed by atoms with E-state index >= 15 is 0 Å². The maximum Gasteiger partial charge on any atom is 0.264 e. The molecular weight excluding hydrogens is 370 g/mol. The molecule has 0 bridgehead atoms. The fourth-order valence-electron chi connectivity index (χ4n) is 2.67. The molecule has 1 fully saturated rings. The van der Waals surface area contributed by atoms with Crippen LogP contribution in [0.1, 0.15) is 5.56 Å². The number of hydrogen-bond donors (Lipinski definition) is 3. The average Bonchev–Trinajstić information content (AvgIpc) is 3.03. The smallest absolute Gasteiger partial charge is 0.264 e. The van der Waals surface area contributed by atoms with E-state index in [-0.39, 0.29) is 11.7 Å². The van der Waals surface area contributed by atoms with E-state index in [4.69, 9.17) is 0 Å². The molecule has 1 amide bonds. The summed E-state index contributed by atoms with van der Waals surface area (Å²) >= 11 is 1.27. The van der Waals surface area contributed by atoms with Crippen molar-refractivity contribution in [2.75, 3.05) is 5.32 Å². The van der Waals surface area contributed by atoms with Gasteiger partial charge in [0.05, 0.1) is 10.6 Å². The molecular formula is C22H17N3O2S. The van der Waals surface area contributed by atoms with Crippen molar-refractivity contribution in [3.63, 3.8) is 0 Å². The number of benzene rings is 3. The molecule has 1 aliphatic heterocycles. The number of nitrogens with one attached hydrogen (secondary N) is 2. The third-order valence-corrected chi connectivity index (χ3v) is 4.89. The highest BCUT2D eigenvalue weighted by molar-refractivity contribution is 8.18. The minimum atomic E-state index is -0.200.